The first kappa shape index (κ1) is 38.8. The van der Waals surface area contributed by atoms with E-state index in [1.54, 1.807) is 6.92 Å². The van der Waals surface area contributed by atoms with Crippen molar-refractivity contribution >= 4 is 18.3 Å². The van der Waals surface area contributed by atoms with E-state index in [1.807, 2.05) is 0 Å². The third-order valence-electron chi connectivity index (χ3n) is 7.05. The minimum Gasteiger partial charge on any atom is -0.449 e. The number of hydrogen-bond donors (Lipinski definition) is 3. The largest absolute Gasteiger partial charge is 0.449 e. The first-order valence-electron chi connectivity index (χ1n) is 16.6. The van der Waals surface area contributed by atoms with Crippen LogP contribution >= 0.6 is 0 Å². The Labute approximate surface area is 251 Å². The van der Waals surface area contributed by atoms with Gasteiger partial charge in [-0.2, -0.15) is 0 Å². The number of carbonyl (C=O) groups is 3. The Balaban J connectivity index is 4.53. The number of carbonyl (C=O) groups excluding carboxylic acids is 3. The van der Waals surface area contributed by atoms with Crippen molar-refractivity contribution in [1.29, 1.82) is 0 Å². The molecule has 0 unspecified atom stereocenters. The third-order valence-corrected chi connectivity index (χ3v) is 7.05. The van der Waals surface area contributed by atoms with E-state index in [0.29, 0.717) is 19.6 Å². The zero-order chi connectivity index (χ0) is 30.4. The van der Waals surface area contributed by atoms with E-state index in [0.717, 1.165) is 38.5 Å². The molecule has 3 N–H and O–H groups in total. The van der Waals surface area contributed by atoms with E-state index in [9.17, 15) is 14.4 Å². The Morgan fingerprint density at radius 2 is 0.683 bits per heavy atom. The lowest BCUT2D eigenvalue weighted by molar-refractivity contribution is -0.00444. The summed E-state index contributed by atoms with van der Waals surface area (Å²) in [5, 5.41) is 8.34. The molecule has 0 spiro atoms. The first-order chi connectivity index (χ1) is 19.9. The number of hydrogen-bond acceptors (Lipinski definition) is 6. The van der Waals surface area contributed by atoms with E-state index < -0.39 is 23.7 Å². The van der Waals surface area contributed by atoms with Crippen LogP contribution in [0.2, 0.25) is 0 Å². The fraction of sp³-hybridized carbons (Fsp3) is 0.906. The highest BCUT2D eigenvalue weighted by Gasteiger charge is 2.31. The highest BCUT2D eigenvalue weighted by atomic mass is 16.6. The van der Waals surface area contributed by atoms with Gasteiger partial charge in [0.2, 0.25) is 0 Å². The summed E-state index contributed by atoms with van der Waals surface area (Å²) in [6.45, 7) is 9.84. The molecule has 0 bridgehead atoms. The van der Waals surface area contributed by atoms with E-state index in [1.165, 1.54) is 77.0 Å². The van der Waals surface area contributed by atoms with Gasteiger partial charge in [-0.15, -0.1) is 0 Å². The van der Waals surface area contributed by atoms with Crippen LogP contribution in [0.4, 0.5) is 14.4 Å². The van der Waals surface area contributed by atoms with Crippen molar-refractivity contribution < 1.29 is 28.6 Å². The van der Waals surface area contributed by atoms with Crippen LogP contribution in [0, 0.1) is 5.41 Å². The van der Waals surface area contributed by atoms with Gasteiger partial charge in [0.1, 0.15) is 19.8 Å². The summed E-state index contributed by atoms with van der Waals surface area (Å²) in [7, 11) is 0. The van der Waals surface area contributed by atoms with E-state index in [-0.39, 0.29) is 19.8 Å². The van der Waals surface area contributed by atoms with Crippen molar-refractivity contribution in [1.82, 2.24) is 16.0 Å². The summed E-state index contributed by atoms with van der Waals surface area (Å²) in [6, 6.07) is 0. The minimum absolute atomic E-state index is 0.0508. The molecule has 0 rings (SSSR count). The molecule has 0 aliphatic rings. The van der Waals surface area contributed by atoms with E-state index in [4.69, 9.17) is 14.2 Å². The molecule has 0 atom stereocenters. The second kappa shape index (κ2) is 28.0. The van der Waals surface area contributed by atoms with E-state index >= 15 is 0 Å². The smallest absolute Gasteiger partial charge is 0.407 e. The average molecular weight is 586 g/mol. The van der Waals surface area contributed by atoms with Crippen molar-refractivity contribution in [3.8, 4) is 0 Å². The van der Waals surface area contributed by atoms with Gasteiger partial charge in [0.25, 0.3) is 0 Å². The maximum atomic E-state index is 12.3. The van der Waals surface area contributed by atoms with E-state index in [2.05, 4.69) is 36.7 Å². The Hall–Kier alpha value is -2.19. The van der Waals surface area contributed by atoms with Gasteiger partial charge in [-0.25, -0.2) is 14.4 Å². The van der Waals surface area contributed by atoms with Crippen LogP contribution < -0.4 is 16.0 Å². The predicted molar refractivity (Wildman–Crippen MR) is 166 cm³/mol. The predicted octanol–water partition coefficient (Wildman–Crippen LogP) is 8.25. The molecule has 0 saturated heterocycles. The molecular weight excluding hydrogens is 522 g/mol. The topological polar surface area (TPSA) is 115 Å². The standard InChI is InChI=1S/C32H63N3O6/c1-5-8-11-14-17-20-23-33-29(36)39-26-32(4,27-40-30(37)34-24-21-18-15-12-9-6-2)28-41-31(38)35-25-22-19-16-13-10-7-3/h5-28H2,1-4H3,(H,33,36)(H,34,37)(H,35,38). The third kappa shape index (κ3) is 26.5. The quantitative estimate of drug-likeness (QED) is 0.0660. The Bertz CT molecular complexity index is 563. The molecule has 0 heterocycles. The van der Waals surface area contributed by atoms with Crippen molar-refractivity contribution in [3.63, 3.8) is 0 Å². The van der Waals surface area contributed by atoms with Crippen LogP contribution in [0.5, 0.6) is 0 Å². The van der Waals surface area contributed by atoms with Crippen LogP contribution in [0.1, 0.15) is 143 Å². The van der Waals surface area contributed by atoms with Crippen LogP contribution in [-0.2, 0) is 14.2 Å². The second-order valence-corrected chi connectivity index (χ2v) is 11.6. The van der Waals surface area contributed by atoms with Gasteiger partial charge in [-0.05, 0) is 26.2 Å². The number of nitrogens with one attached hydrogen (secondary N) is 3. The summed E-state index contributed by atoms with van der Waals surface area (Å²) in [6.07, 6.45) is 18.9. The van der Waals surface area contributed by atoms with Gasteiger partial charge < -0.3 is 30.2 Å². The highest BCUT2D eigenvalue weighted by Crippen LogP contribution is 2.19. The zero-order valence-corrected chi connectivity index (χ0v) is 26.9. The molecule has 0 aromatic heterocycles. The minimum atomic E-state index is -0.882. The number of ether oxygens (including phenoxy) is 3. The van der Waals surface area contributed by atoms with Gasteiger partial charge in [0.05, 0.1) is 5.41 Å². The monoisotopic (exact) mass is 585 g/mol. The normalized spacial score (nSPS) is 11.1. The molecule has 0 aliphatic heterocycles. The fourth-order valence-corrected chi connectivity index (χ4v) is 4.28. The molecule has 3 amide bonds. The van der Waals surface area contributed by atoms with Gasteiger partial charge in [0, 0.05) is 19.6 Å². The Morgan fingerprint density at radius 1 is 0.439 bits per heavy atom. The van der Waals surface area contributed by atoms with Crippen LogP contribution in [0.3, 0.4) is 0 Å². The second-order valence-electron chi connectivity index (χ2n) is 11.6. The highest BCUT2D eigenvalue weighted by molar-refractivity contribution is 5.68. The summed E-state index contributed by atoms with van der Waals surface area (Å²) in [4.78, 5) is 36.8. The molecular formula is C32H63N3O6. The molecule has 9 nitrogen and oxygen atoms in total. The fourth-order valence-electron chi connectivity index (χ4n) is 4.28. The molecule has 41 heavy (non-hydrogen) atoms. The molecule has 0 aromatic carbocycles. The van der Waals surface area contributed by atoms with Crippen molar-refractivity contribution in [3.05, 3.63) is 0 Å². The maximum absolute atomic E-state index is 12.3. The lowest BCUT2D eigenvalue weighted by Gasteiger charge is -2.28. The molecule has 0 fully saturated rings. The lowest BCUT2D eigenvalue weighted by Crippen LogP contribution is -2.41. The molecule has 0 saturated carbocycles. The summed E-state index contributed by atoms with van der Waals surface area (Å²) >= 11 is 0. The van der Waals surface area contributed by atoms with Gasteiger partial charge in [-0.1, -0.05) is 117 Å². The van der Waals surface area contributed by atoms with Crippen molar-refractivity contribution in [2.75, 3.05) is 39.5 Å². The lowest BCUT2D eigenvalue weighted by atomic mass is 9.94. The molecule has 0 aliphatic carbocycles. The summed E-state index contributed by atoms with van der Waals surface area (Å²) in [5.74, 6) is 0. The van der Waals surface area contributed by atoms with Crippen LogP contribution in [0.15, 0.2) is 0 Å². The molecule has 242 valence electrons. The SMILES string of the molecule is CCCCCCCCNC(=O)OCC(C)(COC(=O)NCCCCCCCC)COC(=O)NCCCCCCCC. The van der Waals surface area contributed by atoms with Gasteiger partial charge in [-0.3, -0.25) is 0 Å². The number of unbranched alkanes of at least 4 members (excludes halogenated alkanes) is 15. The number of amides is 3. The van der Waals surface area contributed by atoms with Gasteiger partial charge >= 0.3 is 18.3 Å². The van der Waals surface area contributed by atoms with Gasteiger partial charge in [0.15, 0.2) is 0 Å². The Kier molecular flexibility index (Phi) is 26.5. The first-order valence-corrected chi connectivity index (χ1v) is 16.6. The number of rotatable bonds is 27. The maximum Gasteiger partial charge on any atom is 0.407 e. The molecule has 0 radical (unpaired) electrons. The molecule has 9 heteroatoms. The summed E-state index contributed by atoms with van der Waals surface area (Å²) < 4.78 is 16.3. The van der Waals surface area contributed by atoms with Crippen LogP contribution in [-0.4, -0.2) is 57.7 Å². The number of alkyl carbamates (subject to hydrolysis) is 3. The molecule has 0 aromatic rings. The summed E-state index contributed by atoms with van der Waals surface area (Å²) in [5.41, 5.74) is -0.882. The average Bonchev–Trinajstić information content (AvgIpc) is 2.96. The van der Waals surface area contributed by atoms with Crippen molar-refractivity contribution in [2.45, 2.75) is 143 Å². The van der Waals surface area contributed by atoms with Crippen molar-refractivity contribution in [2.24, 2.45) is 5.41 Å². The van der Waals surface area contributed by atoms with Crippen LogP contribution in [0.25, 0.3) is 0 Å². The zero-order valence-electron chi connectivity index (χ0n) is 26.9. The Morgan fingerprint density at radius 3 is 0.951 bits per heavy atom.